The number of aliphatic hydroxyl groups excluding tert-OH is 2. The molecule has 2 aromatic carbocycles. The second-order valence-electron chi connectivity index (χ2n) is 25.9. The predicted octanol–water partition coefficient (Wildman–Crippen LogP) is 3.19. The Balaban J connectivity index is 1.38. The Kier molecular flexibility index (Phi) is 32.0. The molecular weight excluding hydrogens is 1240 g/mol. The summed E-state index contributed by atoms with van der Waals surface area (Å²) in [6, 6.07) is 6.65. The Morgan fingerprint density at radius 1 is 0.698 bits per heavy atom. The summed E-state index contributed by atoms with van der Waals surface area (Å²) in [5.41, 5.74) is 1.28. The van der Waals surface area contributed by atoms with E-state index in [2.05, 4.69) is 31.9 Å². The quantitative estimate of drug-likeness (QED) is 0.0436. The highest BCUT2D eigenvalue weighted by atomic mass is 16.6. The van der Waals surface area contributed by atoms with E-state index in [1.165, 1.54) is 50.4 Å². The molecule has 0 unspecified atom stereocenters. The molecule has 4 rings (SSSR count). The van der Waals surface area contributed by atoms with Crippen LogP contribution in [0.4, 0.5) is 10.5 Å². The number of likely N-dealkylation sites (tertiary alicyclic amines) is 1. The van der Waals surface area contributed by atoms with E-state index in [1.54, 1.807) is 91.6 Å². The van der Waals surface area contributed by atoms with Crippen LogP contribution in [0.15, 0.2) is 66.7 Å². The normalized spacial score (nSPS) is 17.6. The Morgan fingerprint density at radius 2 is 1.31 bits per heavy atom. The molecule has 2 aliphatic rings. The van der Waals surface area contributed by atoms with Crippen molar-refractivity contribution < 1.29 is 87.1 Å². The van der Waals surface area contributed by atoms with Crippen LogP contribution in [0.3, 0.4) is 0 Å². The van der Waals surface area contributed by atoms with Crippen molar-refractivity contribution in [1.82, 2.24) is 46.2 Å². The van der Waals surface area contributed by atoms with E-state index in [0.717, 1.165) is 22.0 Å². The molecule has 96 heavy (non-hydrogen) atoms. The number of amides is 11. The second-order valence-corrected chi connectivity index (χ2v) is 25.9. The maximum Gasteiger partial charge on any atom is 0.410 e. The third-order valence-corrected chi connectivity index (χ3v) is 17.6. The Morgan fingerprint density at radius 3 is 1.86 bits per heavy atom. The van der Waals surface area contributed by atoms with Gasteiger partial charge in [-0.25, -0.2) is 4.79 Å². The number of carbonyl (C=O) groups is 12. The number of aliphatic hydroxyl groups is 2. The first-order chi connectivity index (χ1) is 45.3. The number of hydrogen-bond donors (Lipinski definition) is 9. The Labute approximate surface area is 562 Å². The van der Waals surface area contributed by atoms with Gasteiger partial charge in [-0.2, -0.15) is 0 Å². The monoisotopic (exact) mass is 1350 g/mol. The molecule has 2 heterocycles. The van der Waals surface area contributed by atoms with Crippen LogP contribution in [0.1, 0.15) is 138 Å². The van der Waals surface area contributed by atoms with E-state index < -0.39 is 163 Å². The van der Waals surface area contributed by atoms with Crippen LogP contribution in [0.5, 0.6) is 0 Å². The first-order valence-corrected chi connectivity index (χ1v) is 32.8. The first-order valence-electron chi connectivity index (χ1n) is 32.8. The summed E-state index contributed by atoms with van der Waals surface area (Å²) in [7, 11) is 5.99. The summed E-state index contributed by atoms with van der Waals surface area (Å²) >= 11 is 0. The Hall–Kier alpha value is -8.34. The molecule has 28 nitrogen and oxygen atoms in total. The number of carboxylic acid groups (broad SMARTS) is 1. The molecule has 0 aromatic heterocycles. The minimum Gasteiger partial charge on any atom is -0.481 e. The molecular formula is C68H102N10O18. The standard InChI is InChI=1S/C68H102N10O18/c1-15-41(8)59(51(94-13)35-55(83)77-32-19-22-50(77)61(95-14)42(9)62(87)69-43(10)60(86)45-20-17-16-18-21-45)75(11)67(92)57(39(4)5)74-66(91)58(40(6)7)76(12)68(93)96-37-44-23-25-46(26-24-44)70-63(88)47(27-30-56(84)85)72-65(90)49(36-79)73-64(89)48(34-38(2)3)71-52(80)31-33-78-53(81)28-29-54(78)82/h16-18,20-21,23-26,28-29,38-43,47-51,57-61,79,86H,15,19,22,27,30-37H2,1-14H3,(H,69,87)(H,70,88)(H,71,80)(H,72,90)(H,73,89)(H,74,91)(H,84,85)/t41-,42+,43+,47-,48+,49-,50-,51+,57-,58-,59-,60+,61+/m0/s1. The van der Waals surface area contributed by atoms with E-state index in [4.69, 9.17) is 14.2 Å². The van der Waals surface area contributed by atoms with Crippen LogP contribution >= 0.6 is 0 Å². The molecule has 0 aliphatic carbocycles. The number of carboxylic acids is 1. The molecule has 2 aliphatic heterocycles. The highest BCUT2D eigenvalue weighted by molar-refractivity contribution is 6.13. The van der Waals surface area contributed by atoms with Gasteiger partial charge in [0, 0.05) is 72.1 Å². The maximum atomic E-state index is 14.8. The zero-order valence-electron chi connectivity index (χ0n) is 57.8. The predicted molar refractivity (Wildman–Crippen MR) is 353 cm³/mol. The molecule has 11 amide bonds. The molecule has 28 heteroatoms. The van der Waals surface area contributed by atoms with E-state index in [9.17, 15) is 72.9 Å². The SMILES string of the molecule is CC[C@H](C)[C@@H]([C@@H](CC(=O)N1CCC[C@H]1[C@H](OC)[C@@H](C)C(=O)N[C@H](C)[C@@H](O)c1ccccc1)OC)N(C)C(=O)[C@@H](NC(=O)[C@H](C(C)C)N(C)C(=O)OCc1ccc(NC(=O)[C@H](CCC(=O)O)NC(=O)[C@H](CO)NC(=O)[C@@H](CC(C)C)NC(=O)CCN2C(=O)C=CC2=O)cc1)C(C)C. The molecule has 0 saturated carbocycles. The molecule has 0 radical (unpaired) electrons. The number of aliphatic carboxylic acids is 1. The number of rotatable bonds is 38. The molecule has 1 saturated heterocycles. The summed E-state index contributed by atoms with van der Waals surface area (Å²) in [4.78, 5) is 165. The maximum absolute atomic E-state index is 14.8. The zero-order chi connectivity index (χ0) is 71.8. The smallest absolute Gasteiger partial charge is 0.410 e. The lowest BCUT2D eigenvalue weighted by Gasteiger charge is -2.41. The van der Waals surface area contributed by atoms with Crippen LogP contribution in [0.2, 0.25) is 0 Å². The van der Waals surface area contributed by atoms with Crippen LogP contribution in [0.25, 0.3) is 0 Å². The fraction of sp³-hybridized carbons (Fsp3) is 0.618. The molecule has 532 valence electrons. The summed E-state index contributed by atoms with van der Waals surface area (Å²) in [6.45, 7) is 16.8. The lowest BCUT2D eigenvalue weighted by atomic mass is 9.89. The van der Waals surface area contributed by atoms with Gasteiger partial charge in [-0.3, -0.25) is 62.5 Å². The molecule has 2 aromatic rings. The number of likely N-dealkylation sites (N-methyl/N-ethyl adjacent to an activating group) is 2. The van der Waals surface area contributed by atoms with E-state index in [1.807, 2.05) is 19.9 Å². The fourth-order valence-electron chi connectivity index (χ4n) is 12.0. The van der Waals surface area contributed by atoms with Gasteiger partial charge in [-0.15, -0.1) is 0 Å². The van der Waals surface area contributed by atoms with Gasteiger partial charge in [-0.1, -0.05) is 111 Å². The highest BCUT2D eigenvalue weighted by Crippen LogP contribution is 2.31. The summed E-state index contributed by atoms with van der Waals surface area (Å²) in [5, 5.41) is 46.3. The van der Waals surface area contributed by atoms with Crippen LogP contribution in [0, 0.1) is 29.6 Å². The van der Waals surface area contributed by atoms with Crippen molar-refractivity contribution in [3.63, 3.8) is 0 Å². The molecule has 13 atom stereocenters. The lowest BCUT2D eigenvalue weighted by molar-refractivity contribution is -0.148. The summed E-state index contributed by atoms with van der Waals surface area (Å²) < 4.78 is 17.7. The number of methoxy groups -OCH3 is 2. The van der Waals surface area contributed by atoms with Gasteiger partial charge in [0.15, 0.2) is 0 Å². The largest absolute Gasteiger partial charge is 0.481 e. The highest BCUT2D eigenvalue weighted by Gasteiger charge is 2.44. The van der Waals surface area contributed by atoms with Crippen molar-refractivity contribution in [3.05, 3.63) is 77.9 Å². The van der Waals surface area contributed by atoms with E-state index in [0.29, 0.717) is 36.9 Å². The third-order valence-electron chi connectivity index (χ3n) is 17.6. The fourth-order valence-corrected chi connectivity index (χ4v) is 12.0. The van der Waals surface area contributed by atoms with Gasteiger partial charge in [0.2, 0.25) is 47.3 Å². The summed E-state index contributed by atoms with van der Waals surface area (Å²) in [6.07, 6.45) is -0.656. The first kappa shape index (κ1) is 80.1. The van der Waals surface area contributed by atoms with Gasteiger partial charge < -0.3 is 71.2 Å². The number of benzene rings is 2. The second kappa shape index (κ2) is 38.4. The van der Waals surface area contributed by atoms with Gasteiger partial charge in [0.25, 0.3) is 11.8 Å². The zero-order valence-corrected chi connectivity index (χ0v) is 57.8. The van der Waals surface area contributed by atoms with Crippen molar-refractivity contribution in [2.45, 2.75) is 194 Å². The molecule has 9 N–H and O–H groups in total. The third kappa shape index (κ3) is 22.9. The molecule has 0 bridgehead atoms. The van der Waals surface area contributed by atoms with Crippen molar-refractivity contribution in [1.29, 1.82) is 0 Å². The topological polar surface area (TPSA) is 378 Å². The van der Waals surface area contributed by atoms with Crippen molar-refractivity contribution in [2.24, 2.45) is 29.6 Å². The van der Waals surface area contributed by atoms with Crippen molar-refractivity contribution in [2.75, 3.05) is 53.3 Å². The van der Waals surface area contributed by atoms with Crippen molar-refractivity contribution >= 4 is 76.8 Å². The number of carbonyl (C=O) groups excluding carboxylic acids is 11. The van der Waals surface area contributed by atoms with E-state index in [-0.39, 0.29) is 61.8 Å². The average Bonchev–Trinajstić information content (AvgIpc) is 1.27. The Bertz CT molecular complexity index is 3000. The van der Waals surface area contributed by atoms with Gasteiger partial charge >= 0.3 is 12.1 Å². The number of imide groups is 1. The van der Waals surface area contributed by atoms with Crippen LogP contribution < -0.4 is 31.9 Å². The average molecular weight is 1350 g/mol. The number of ether oxygens (including phenoxy) is 3. The minimum absolute atomic E-state index is 0.0875. The summed E-state index contributed by atoms with van der Waals surface area (Å²) in [5.74, 6) is -9.57. The number of anilines is 1. The van der Waals surface area contributed by atoms with Crippen molar-refractivity contribution in [3.8, 4) is 0 Å². The van der Waals surface area contributed by atoms with Gasteiger partial charge in [0.1, 0.15) is 36.8 Å². The molecule has 0 spiro atoms. The number of nitrogens with one attached hydrogen (secondary N) is 6. The minimum atomic E-state index is -1.66. The number of nitrogens with zero attached hydrogens (tertiary/aromatic N) is 4. The van der Waals surface area contributed by atoms with Gasteiger partial charge in [-0.05, 0) is 79.5 Å². The van der Waals surface area contributed by atoms with E-state index >= 15 is 0 Å². The van der Waals surface area contributed by atoms with Crippen LogP contribution in [-0.2, 0) is 73.6 Å². The van der Waals surface area contributed by atoms with Crippen LogP contribution in [-0.4, -0.2) is 215 Å². The molecule has 1 fully saturated rings. The van der Waals surface area contributed by atoms with Gasteiger partial charge in [0.05, 0.1) is 55.4 Å². The number of hydrogen-bond acceptors (Lipinski definition) is 17. The lowest BCUT2D eigenvalue weighted by Crippen LogP contribution is -2.60.